The van der Waals surface area contributed by atoms with Crippen molar-refractivity contribution in [1.82, 2.24) is 0 Å². The van der Waals surface area contributed by atoms with Crippen molar-refractivity contribution < 1.29 is 0 Å². The van der Waals surface area contributed by atoms with E-state index in [9.17, 15) is 0 Å². The minimum Gasteiger partial charge on any atom is -0.144 e. The fraction of sp³-hybridized carbons (Fsp3) is 0.125. The molecule has 1 aromatic rings. The molecule has 0 aliphatic heterocycles. The molecule has 0 bridgehead atoms. The Kier molecular flexibility index (Phi) is 2.52. The van der Waals surface area contributed by atoms with Crippen molar-refractivity contribution in [2.24, 2.45) is 0 Å². The molecule has 1 heterocycles. The van der Waals surface area contributed by atoms with Gasteiger partial charge in [-0.25, -0.2) is 0 Å². The lowest BCUT2D eigenvalue weighted by molar-refractivity contribution is 1.57. The van der Waals surface area contributed by atoms with Crippen LogP contribution in [0, 0.1) is 6.42 Å². The summed E-state index contributed by atoms with van der Waals surface area (Å²) in [4.78, 5) is 1.31. The lowest BCUT2D eigenvalue weighted by atomic mass is 10.4. The quantitative estimate of drug-likeness (QED) is 0.588. The van der Waals surface area contributed by atoms with E-state index in [1.165, 1.54) is 4.88 Å². The second-order valence-corrected chi connectivity index (χ2v) is 2.69. The van der Waals surface area contributed by atoms with Crippen molar-refractivity contribution in [3.05, 3.63) is 34.9 Å². The topological polar surface area (TPSA) is 0 Å². The molecule has 0 nitrogen and oxygen atoms in total. The van der Waals surface area contributed by atoms with Crippen LogP contribution < -0.4 is 0 Å². The molecule has 0 spiro atoms. The Balaban J connectivity index is 2.57. The van der Waals surface area contributed by atoms with Gasteiger partial charge in [-0.3, -0.25) is 0 Å². The van der Waals surface area contributed by atoms with Gasteiger partial charge in [-0.2, -0.15) is 0 Å². The summed E-state index contributed by atoms with van der Waals surface area (Å²) < 4.78 is 0. The standard InChI is InChI=1S/C8H9S/c1-2-3-5-8-6-4-7-9-8/h2-7H,1H3/b5-3+. The molecule has 9 heavy (non-hydrogen) atoms. The summed E-state index contributed by atoms with van der Waals surface area (Å²) in [6.45, 7) is 2.02. The lowest BCUT2D eigenvalue weighted by Gasteiger charge is -1.78. The molecule has 0 unspecified atom stereocenters. The van der Waals surface area contributed by atoms with Gasteiger partial charge in [0, 0.05) is 4.88 Å². The first-order valence-corrected chi connectivity index (χ1v) is 3.81. The van der Waals surface area contributed by atoms with Crippen LogP contribution in [0.25, 0.3) is 6.08 Å². The van der Waals surface area contributed by atoms with Crippen molar-refractivity contribution in [2.45, 2.75) is 6.92 Å². The van der Waals surface area contributed by atoms with E-state index in [-0.39, 0.29) is 0 Å². The minimum atomic E-state index is 1.31. The summed E-state index contributed by atoms with van der Waals surface area (Å²) in [6.07, 6.45) is 6.18. The van der Waals surface area contributed by atoms with Crippen LogP contribution in [0.3, 0.4) is 0 Å². The Hall–Kier alpha value is -0.560. The normalized spacial score (nSPS) is 10.8. The van der Waals surface area contributed by atoms with Crippen molar-refractivity contribution in [1.29, 1.82) is 0 Å². The molecule has 0 N–H and O–H groups in total. The van der Waals surface area contributed by atoms with E-state index < -0.39 is 0 Å². The van der Waals surface area contributed by atoms with Crippen molar-refractivity contribution in [3.63, 3.8) is 0 Å². The molecule has 1 aromatic heterocycles. The van der Waals surface area contributed by atoms with Gasteiger partial charge >= 0.3 is 0 Å². The van der Waals surface area contributed by atoms with Crippen LogP contribution in [-0.4, -0.2) is 0 Å². The first-order valence-electron chi connectivity index (χ1n) is 2.93. The van der Waals surface area contributed by atoms with Crippen LogP contribution >= 0.6 is 11.3 Å². The average Bonchev–Trinajstić information content (AvgIpc) is 2.34. The molecule has 1 rings (SSSR count). The summed E-state index contributed by atoms with van der Waals surface area (Å²) in [5.74, 6) is 0. The van der Waals surface area contributed by atoms with E-state index in [1.54, 1.807) is 11.3 Å². The highest BCUT2D eigenvalue weighted by Gasteiger charge is 1.81. The molecule has 0 atom stereocenters. The van der Waals surface area contributed by atoms with Gasteiger partial charge in [0.15, 0.2) is 0 Å². The van der Waals surface area contributed by atoms with E-state index in [0.29, 0.717) is 0 Å². The summed E-state index contributed by atoms with van der Waals surface area (Å²) in [5.41, 5.74) is 0. The predicted octanol–water partition coefficient (Wildman–Crippen LogP) is 2.99. The molecule has 0 fully saturated rings. The van der Waals surface area contributed by atoms with Crippen LogP contribution in [0.2, 0.25) is 0 Å². The summed E-state index contributed by atoms with van der Waals surface area (Å²) in [5, 5.41) is 2.08. The van der Waals surface area contributed by atoms with Crippen LogP contribution in [0.4, 0.5) is 0 Å². The summed E-state index contributed by atoms with van der Waals surface area (Å²) >= 11 is 1.76. The van der Waals surface area contributed by atoms with E-state index in [0.717, 1.165) is 0 Å². The maximum absolute atomic E-state index is 2.10. The Morgan fingerprint density at radius 1 is 1.56 bits per heavy atom. The Morgan fingerprint density at radius 3 is 3.00 bits per heavy atom. The van der Waals surface area contributed by atoms with Gasteiger partial charge in [-0.1, -0.05) is 19.1 Å². The van der Waals surface area contributed by atoms with Crippen molar-refractivity contribution in [3.8, 4) is 0 Å². The van der Waals surface area contributed by atoms with Crippen LogP contribution in [-0.2, 0) is 0 Å². The Labute approximate surface area is 59.8 Å². The number of hydrogen-bond acceptors (Lipinski definition) is 1. The second-order valence-electron chi connectivity index (χ2n) is 1.71. The molecule has 0 saturated carbocycles. The van der Waals surface area contributed by atoms with Gasteiger partial charge in [-0.05, 0) is 23.9 Å². The molecule has 0 aromatic carbocycles. The van der Waals surface area contributed by atoms with Crippen molar-refractivity contribution >= 4 is 17.4 Å². The number of rotatable bonds is 2. The largest absolute Gasteiger partial charge is 0.144 e. The molecule has 1 radical (unpaired) electrons. The highest BCUT2D eigenvalue weighted by atomic mass is 32.1. The highest BCUT2D eigenvalue weighted by molar-refractivity contribution is 7.10. The molecule has 0 amide bonds. The maximum atomic E-state index is 2.10. The molecular formula is C8H9S. The third-order valence-corrected chi connectivity index (χ3v) is 1.83. The Bertz CT molecular complexity index is 172. The third kappa shape index (κ3) is 2.02. The van der Waals surface area contributed by atoms with E-state index >= 15 is 0 Å². The SMILES string of the molecule is C[CH]/C=C/c1cccs1. The van der Waals surface area contributed by atoms with E-state index in [2.05, 4.69) is 23.6 Å². The minimum absolute atomic E-state index is 1.31. The highest BCUT2D eigenvalue weighted by Crippen LogP contribution is 2.09. The van der Waals surface area contributed by atoms with Gasteiger partial charge in [0.2, 0.25) is 0 Å². The number of hydrogen-bond donors (Lipinski definition) is 0. The monoisotopic (exact) mass is 137 g/mol. The molecule has 47 valence electrons. The number of allylic oxidation sites excluding steroid dienone is 1. The fourth-order valence-electron chi connectivity index (χ4n) is 0.577. The van der Waals surface area contributed by atoms with Gasteiger partial charge < -0.3 is 0 Å². The summed E-state index contributed by atoms with van der Waals surface area (Å²) in [7, 11) is 0. The first-order chi connectivity index (χ1) is 4.43. The zero-order valence-electron chi connectivity index (χ0n) is 5.37. The molecule has 0 aliphatic rings. The fourth-order valence-corrected chi connectivity index (χ4v) is 1.21. The van der Waals surface area contributed by atoms with Gasteiger partial charge in [-0.15, -0.1) is 11.3 Å². The Morgan fingerprint density at radius 2 is 2.44 bits per heavy atom. The molecule has 0 saturated heterocycles. The molecule has 0 aliphatic carbocycles. The van der Waals surface area contributed by atoms with Crippen LogP contribution in [0.5, 0.6) is 0 Å². The first kappa shape index (κ1) is 6.56. The second kappa shape index (κ2) is 3.46. The number of thiophene rings is 1. The van der Waals surface area contributed by atoms with Gasteiger partial charge in [0.05, 0.1) is 0 Å². The molecular weight excluding hydrogens is 128 g/mol. The lowest BCUT2D eigenvalue weighted by Crippen LogP contribution is -1.55. The van der Waals surface area contributed by atoms with E-state index in [1.807, 2.05) is 19.4 Å². The zero-order valence-corrected chi connectivity index (χ0v) is 6.19. The predicted molar refractivity (Wildman–Crippen MR) is 43.3 cm³/mol. The van der Waals surface area contributed by atoms with Gasteiger partial charge in [0.1, 0.15) is 0 Å². The van der Waals surface area contributed by atoms with Gasteiger partial charge in [0.25, 0.3) is 0 Å². The smallest absolute Gasteiger partial charge is 0.0267 e. The van der Waals surface area contributed by atoms with Crippen molar-refractivity contribution in [2.75, 3.05) is 0 Å². The zero-order chi connectivity index (χ0) is 6.53. The molecule has 1 heteroatoms. The maximum Gasteiger partial charge on any atom is 0.0267 e. The van der Waals surface area contributed by atoms with Crippen LogP contribution in [0.1, 0.15) is 11.8 Å². The summed E-state index contributed by atoms with van der Waals surface area (Å²) in [6, 6.07) is 4.16. The average molecular weight is 137 g/mol. The van der Waals surface area contributed by atoms with E-state index in [4.69, 9.17) is 0 Å². The van der Waals surface area contributed by atoms with Crippen LogP contribution in [0.15, 0.2) is 23.6 Å². The third-order valence-electron chi connectivity index (χ3n) is 0.996.